The lowest BCUT2D eigenvalue weighted by Crippen LogP contribution is -2.27. The Morgan fingerprint density at radius 1 is 1.13 bits per heavy atom. The van der Waals surface area contributed by atoms with Crippen molar-refractivity contribution in [2.75, 3.05) is 0 Å². The number of nitrogens with one attached hydrogen (secondary N) is 2. The molecule has 6 nitrogen and oxygen atoms in total. The number of unbranched alkanes of at least 4 members (excludes halogenated alkanes) is 1. The number of carbonyl (C=O) groups is 1. The monoisotopic (exact) mass is 417 g/mol. The minimum Gasteiger partial charge on any atom is -0.342 e. The first kappa shape index (κ1) is 18.9. The molecule has 0 bridgehead atoms. The number of pyridine rings is 1. The van der Waals surface area contributed by atoms with E-state index in [4.69, 9.17) is 0 Å². The Labute approximate surface area is 178 Å². The number of H-pyrrole nitrogens is 1. The fraction of sp³-hybridized carbons (Fsp3) is 0.304. The van der Waals surface area contributed by atoms with Crippen molar-refractivity contribution in [3.63, 3.8) is 0 Å². The smallest absolute Gasteiger partial charge is 0.271 e. The van der Waals surface area contributed by atoms with E-state index in [9.17, 15) is 4.79 Å². The summed E-state index contributed by atoms with van der Waals surface area (Å²) in [6, 6.07) is 12.1. The average Bonchev–Trinajstić information content (AvgIpc) is 3.49. The predicted octanol–water partition coefficient (Wildman–Crippen LogP) is 4.40. The summed E-state index contributed by atoms with van der Waals surface area (Å²) in [4.78, 5) is 29.6. The topological polar surface area (TPSA) is 83.6 Å². The number of aromatic amines is 1. The molecule has 152 valence electrons. The minimum absolute atomic E-state index is 0.0114. The molecule has 0 spiro atoms. The van der Waals surface area contributed by atoms with Crippen molar-refractivity contribution in [3.05, 3.63) is 75.8 Å². The number of para-hydroxylation sites is 2. The Bertz CT molecular complexity index is 1150. The molecule has 0 radical (unpaired) electrons. The zero-order valence-corrected chi connectivity index (χ0v) is 17.4. The zero-order valence-electron chi connectivity index (χ0n) is 16.6. The third-order valence-corrected chi connectivity index (χ3v) is 6.45. The second kappa shape index (κ2) is 8.36. The third-order valence-electron chi connectivity index (χ3n) is 5.54. The van der Waals surface area contributed by atoms with Gasteiger partial charge in [0, 0.05) is 18.0 Å². The van der Waals surface area contributed by atoms with Crippen LogP contribution in [-0.2, 0) is 19.3 Å². The largest absolute Gasteiger partial charge is 0.342 e. The zero-order chi connectivity index (χ0) is 20.3. The fourth-order valence-electron chi connectivity index (χ4n) is 4.01. The quantitative estimate of drug-likeness (QED) is 0.437. The van der Waals surface area contributed by atoms with E-state index < -0.39 is 0 Å². The molecule has 3 heterocycles. The molecule has 5 rings (SSSR count). The summed E-state index contributed by atoms with van der Waals surface area (Å²) in [5.41, 5.74) is 4.83. The Hall–Kier alpha value is -3.06. The lowest BCUT2D eigenvalue weighted by Gasteiger charge is -2.11. The number of thiazole rings is 1. The van der Waals surface area contributed by atoms with Gasteiger partial charge in [-0.2, -0.15) is 0 Å². The van der Waals surface area contributed by atoms with Crippen molar-refractivity contribution in [2.45, 2.75) is 44.6 Å². The number of nitrogens with zero attached hydrogens (tertiary/aromatic N) is 3. The normalized spacial score (nSPS) is 15.4. The van der Waals surface area contributed by atoms with Gasteiger partial charge in [-0.05, 0) is 55.9 Å². The van der Waals surface area contributed by atoms with E-state index in [-0.39, 0.29) is 11.9 Å². The number of hydrogen-bond donors (Lipinski definition) is 2. The van der Waals surface area contributed by atoms with Crippen molar-refractivity contribution in [3.8, 4) is 0 Å². The van der Waals surface area contributed by atoms with Gasteiger partial charge in [-0.15, -0.1) is 11.3 Å². The van der Waals surface area contributed by atoms with Crippen LogP contribution < -0.4 is 5.32 Å². The average molecular weight is 418 g/mol. The van der Waals surface area contributed by atoms with Crippen LogP contribution in [0.25, 0.3) is 11.0 Å². The Morgan fingerprint density at radius 3 is 2.97 bits per heavy atom. The van der Waals surface area contributed by atoms with Crippen molar-refractivity contribution in [1.29, 1.82) is 0 Å². The summed E-state index contributed by atoms with van der Waals surface area (Å²) >= 11 is 1.56. The first-order chi connectivity index (χ1) is 14.8. The fourth-order valence-corrected chi connectivity index (χ4v) is 4.83. The van der Waals surface area contributed by atoms with Gasteiger partial charge in [-0.3, -0.25) is 9.78 Å². The van der Waals surface area contributed by atoms with Crippen LogP contribution in [0.1, 0.15) is 57.9 Å². The Kier molecular flexibility index (Phi) is 5.27. The second-order valence-corrected chi connectivity index (χ2v) is 8.59. The molecule has 0 saturated carbocycles. The van der Waals surface area contributed by atoms with Crippen LogP contribution >= 0.6 is 11.3 Å². The lowest BCUT2D eigenvalue weighted by atomic mass is 10.2. The molecule has 0 saturated heterocycles. The highest BCUT2D eigenvalue weighted by Gasteiger charge is 2.26. The standard InChI is InChI=1S/C23H23N5OS/c29-23(28-18-12-11-15-6-5-13-24-22(15)18)19-14-30-21(27-19)10-4-3-9-20-25-16-7-1-2-8-17(16)26-20/h1-2,5-8,13-14,18H,3-4,9-12H2,(H,25,26)(H,28,29). The number of imidazole rings is 1. The first-order valence-corrected chi connectivity index (χ1v) is 11.3. The highest BCUT2D eigenvalue weighted by Crippen LogP contribution is 2.29. The third kappa shape index (κ3) is 3.98. The molecule has 4 aromatic rings. The van der Waals surface area contributed by atoms with E-state index in [2.05, 4.69) is 31.3 Å². The van der Waals surface area contributed by atoms with Crippen molar-refractivity contribution >= 4 is 28.3 Å². The van der Waals surface area contributed by atoms with E-state index in [0.29, 0.717) is 5.69 Å². The molecular formula is C23H23N5OS. The van der Waals surface area contributed by atoms with Gasteiger partial charge in [-0.25, -0.2) is 9.97 Å². The van der Waals surface area contributed by atoms with E-state index in [1.165, 1.54) is 5.56 Å². The Morgan fingerprint density at radius 2 is 2.03 bits per heavy atom. The highest BCUT2D eigenvalue weighted by molar-refractivity contribution is 7.09. The van der Waals surface area contributed by atoms with Gasteiger partial charge >= 0.3 is 0 Å². The molecule has 1 amide bonds. The lowest BCUT2D eigenvalue weighted by molar-refractivity contribution is 0.0931. The molecule has 3 aromatic heterocycles. The van der Waals surface area contributed by atoms with Gasteiger partial charge in [0.15, 0.2) is 0 Å². The minimum atomic E-state index is -0.108. The Balaban J connectivity index is 1.12. The summed E-state index contributed by atoms with van der Waals surface area (Å²) in [6.45, 7) is 0. The summed E-state index contributed by atoms with van der Waals surface area (Å²) in [5, 5.41) is 5.96. The van der Waals surface area contributed by atoms with Crippen molar-refractivity contribution in [2.24, 2.45) is 0 Å². The molecule has 1 aliphatic rings. The number of rotatable bonds is 7. The molecule has 1 unspecified atom stereocenters. The van der Waals surface area contributed by atoms with Crippen LogP contribution in [0, 0.1) is 0 Å². The van der Waals surface area contributed by atoms with Gasteiger partial charge in [-0.1, -0.05) is 18.2 Å². The van der Waals surface area contributed by atoms with Crippen LogP contribution in [0.3, 0.4) is 0 Å². The van der Waals surface area contributed by atoms with E-state index in [1.54, 1.807) is 17.5 Å². The van der Waals surface area contributed by atoms with Gasteiger partial charge in [0.05, 0.1) is 27.8 Å². The van der Waals surface area contributed by atoms with Crippen LogP contribution in [0.15, 0.2) is 48.0 Å². The number of aromatic nitrogens is 4. The molecule has 0 fully saturated rings. The van der Waals surface area contributed by atoms with Gasteiger partial charge < -0.3 is 10.3 Å². The summed E-state index contributed by atoms with van der Waals surface area (Å²) in [7, 11) is 0. The predicted molar refractivity (Wildman–Crippen MR) is 118 cm³/mol. The molecule has 0 aliphatic heterocycles. The second-order valence-electron chi connectivity index (χ2n) is 7.65. The van der Waals surface area contributed by atoms with E-state index in [1.807, 2.05) is 35.7 Å². The van der Waals surface area contributed by atoms with E-state index in [0.717, 1.165) is 66.1 Å². The van der Waals surface area contributed by atoms with E-state index >= 15 is 0 Å². The van der Waals surface area contributed by atoms with Crippen molar-refractivity contribution in [1.82, 2.24) is 25.3 Å². The summed E-state index contributed by atoms with van der Waals surface area (Å²) < 4.78 is 0. The summed E-state index contributed by atoms with van der Waals surface area (Å²) in [6.07, 6.45) is 7.50. The van der Waals surface area contributed by atoms with Crippen LogP contribution in [0.2, 0.25) is 0 Å². The molecule has 30 heavy (non-hydrogen) atoms. The van der Waals surface area contributed by atoms with Gasteiger partial charge in [0.1, 0.15) is 11.5 Å². The molecule has 1 aliphatic carbocycles. The molecule has 1 atom stereocenters. The number of benzene rings is 1. The number of amides is 1. The van der Waals surface area contributed by atoms with Gasteiger partial charge in [0.2, 0.25) is 0 Å². The number of carbonyl (C=O) groups excluding carboxylic acids is 1. The van der Waals surface area contributed by atoms with Gasteiger partial charge in [0.25, 0.3) is 5.91 Å². The molecule has 2 N–H and O–H groups in total. The molecule has 7 heteroatoms. The summed E-state index contributed by atoms with van der Waals surface area (Å²) in [5.74, 6) is 0.920. The highest BCUT2D eigenvalue weighted by atomic mass is 32.1. The maximum Gasteiger partial charge on any atom is 0.271 e. The SMILES string of the molecule is O=C(NC1CCc2cccnc21)c1csc(CCCCc2nc3ccccc3[nH]2)n1. The van der Waals surface area contributed by atoms with Crippen molar-refractivity contribution < 1.29 is 4.79 Å². The molecule has 1 aromatic carbocycles. The molecular weight excluding hydrogens is 394 g/mol. The maximum absolute atomic E-state index is 12.6. The van der Waals surface area contributed by atoms with Crippen LogP contribution in [-0.4, -0.2) is 25.8 Å². The maximum atomic E-state index is 12.6. The number of aryl methyl sites for hydroxylation is 3. The number of fused-ring (bicyclic) bond motifs is 2. The van der Waals surface area contributed by atoms with Crippen LogP contribution in [0.5, 0.6) is 0 Å². The number of hydrogen-bond acceptors (Lipinski definition) is 5. The first-order valence-electron chi connectivity index (χ1n) is 10.4. The van der Waals surface area contributed by atoms with Crippen LogP contribution in [0.4, 0.5) is 0 Å².